The molecule has 0 amide bonds. The highest BCUT2D eigenvalue weighted by Crippen LogP contribution is 2.07. The third kappa shape index (κ3) is 17.9. The minimum absolute atomic E-state index is 0.811. The van der Waals surface area contributed by atoms with Gasteiger partial charge in [-0.25, -0.2) is 0 Å². The SMILES string of the molecule is CCCCCCCCCCNCCCNCCOC. The van der Waals surface area contributed by atoms with E-state index in [-0.39, 0.29) is 0 Å². The quantitative estimate of drug-likeness (QED) is 0.423. The molecular formula is C16H36N2O. The van der Waals surface area contributed by atoms with Gasteiger partial charge in [-0.15, -0.1) is 0 Å². The molecule has 0 saturated heterocycles. The van der Waals surface area contributed by atoms with Gasteiger partial charge in [-0.2, -0.15) is 0 Å². The second kappa shape index (κ2) is 17.9. The molecule has 116 valence electrons. The minimum atomic E-state index is 0.811. The summed E-state index contributed by atoms with van der Waals surface area (Å²) in [5.74, 6) is 0. The summed E-state index contributed by atoms with van der Waals surface area (Å²) in [5.41, 5.74) is 0. The maximum Gasteiger partial charge on any atom is 0.0587 e. The highest BCUT2D eigenvalue weighted by Gasteiger charge is 1.92. The van der Waals surface area contributed by atoms with E-state index in [1.54, 1.807) is 7.11 Å². The van der Waals surface area contributed by atoms with Gasteiger partial charge in [0.1, 0.15) is 0 Å². The van der Waals surface area contributed by atoms with E-state index < -0.39 is 0 Å². The van der Waals surface area contributed by atoms with Crippen LogP contribution in [0.25, 0.3) is 0 Å². The molecule has 0 spiro atoms. The minimum Gasteiger partial charge on any atom is -0.383 e. The molecule has 0 aliphatic heterocycles. The summed E-state index contributed by atoms with van der Waals surface area (Å²) in [4.78, 5) is 0. The van der Waals surface area contributed by atoms with E-state index in [2.05, 4.69) is 17.6 Å². The van der Waals surface area contributed by atoms with Gasteiger partial charge in [0, 0.05) is 13.7 Å². The van der Waals surface area contributed by atoms with Crippen molar-refractivity contribution in [2.45, 2.75) is 64.7 Å². The van der Waals surface area contributed by atoms with Gasteiger partial charge in [0.2, 0.25) is 0 Å². The number of rotatable bonds is 16. The van der Waals surface area contributed by atoms with Crippen molar-refractivity contribution in [3.63, 3.8) is 0 Å². The lowest BCUT2D eigenvalue weighted by Crippen LogP contribution is -2.24. The van der Waals surface area contributed by atoms with Crippen LogP contribution < -0.4 is 10.6 Å². The Balaban J connectivity index is 2.88. The fraction of sp³-hybridized carbons (Fsp3) is 1.00. The van der Waals surface area contributed by atoms with Gasteiger partial charge < -0.3 is 15.4 Å². The van der Waals surface area contributed by atoms with Crippen LogP contribution in [0, 0.1) is 0 Å². The summed E-state index contributed by atoms with van der Waals surface area (Å²) in [7, 11) is 1.74. The zero-order valence-electron chi connectivity index (χ0n) is 13.3. The fourth-order valence-electron chi connectivity index (χ4n) is 2.15. The molecule has 0 aliphatic carbocycles. The summed E-state index contributed by atoms with van der Waals surface area (Å²) in [6.07, 6.45) is 12.4. The van der Waals surface area contributed by atoms with Crippen LogP contribution in [-0.4, -0.2) is 39.9 Å². The van der Waals surface area contributed by atoms with Gasteiger partial charge in [-0.1, -0.05) is 51.9 Å². The van der Waals surface area contributed by atoms with E-state index in [1.165, 1.54) is 64.3 Å². The fourth-order valence-corrected chi connectivity index (χ4v) is 2.15. The molecule has 0 aromatic rings. The number of unbranched alkanes of at least 4 members (excludes halogenated alkanes) is 7. The molecule has 0 aromatic carbocycles. The second-order valence-electron chi connectivity index (χ2n) is 5.32. The first-order valence-corrected chi connectivity index (χ1v) is 8.32. The first-order chi connectivity index (χ1) is 9.41. The number of hydrogen-bond donors (Lipinski definition) is 2. The monoisotopic (exact) mass is 272 g/mol. The van der Waals surface area contributed by atoms with Crippen molar-refractivity contribution in [1.29, 1.82) is 0 Å². The first kappa shape index (κ1) is 18.9. The number of hydrogen-bond acceptors (Lipinski definition) is 3. The summed E-state index contributed by atoms with van der Waals surface area (Å²) >= 11 is 0. The standard InChI is InChI=1S/C16H36N2O/c1-3-4-5-6-7-8-9-10-12-17-13-11-14-18-15-16-19-2/h17-18H,3-16H2,1-2H3. The van der Waals surface area contributed by atoms with Crippen LogP contribution >= 0.6 is 0 Å². The van der Waals surface area contributed by atoms with Crippen LogP contribution in [0.3, 0.4) is 0 Å². The summed E-state index contributed by atoms with van der Waals surface area (Å²) in [6.45, 7) is 7.47. The van der Waals surface area contributed by atoms with Crippen LogP contribution in [-0.2, 0) is 4.74 Å². The Kier molecular flexibility index (Phi) is 17.8. The lowest BCUT2D eigenvalue weighted by atomic mass is 10.1. The summed E-state index contributed by atoms with van der Waals surface area (Å²) in [6, 6.07) is 0. The average Bonchev–Trinajstić information content (AvgIpc) is 2.43. The van der Waals surface area contributed by atoms with Crippen molar-refractivity contribution in [2.24, 2.45) is 0 Å². The Morgan fingerprint density at radius 2 is 1.16 bits per heavy atom. The highest BCUT2D eigenvalue weighted by atomic mass is 16.5. The molecule has 0 atom stereocenters. The lowest BCUT2D eigenvalue weighted by Gasteiger charge is -2.06. The van der Waals surface area contributed by atoms with E-state index in [0.717, 1.165) is 26.2 Å². The van der Waals surface area contributed by atoms with Gasteiger partial charge in [-0.05, 0) is 32.5 Å². The van der Waals surface area contributed by atoms with E-state index in [0.29, 0.717) is 0 Å². The topological polar surface area (TPSA) is 33.3 Å². The predicted octanol–water partition coefficient (Wildman–Crippen LogP) is 3.34. The van der Waals surface area contributed by atoms with Crippen LogP contribution in [0.1, 0.15) is 64.7 Å². The molecular weight excluding hydrogens is 236 g/mol. The molecule has 3 nitrogen and oxygen atoms in total. The largest absolute Gasteiger partial charge is 0.383 e. The van der Waals surface area contributed by atoms with Crippen molar-refractivity contribution < 1.29 is 4.74 Å². The molecule has 0 radical (unpaired) electrons. The van der Waals surface area contributed by atoms with E-state index >= 15 is 0 Å². The Labute approximate surface area is 120 Å². The van der Waals surface area contributed by atoms with Crippen molar-refractivity contribution in [1.82, 2.24) is 10.6 Å². The Morgan fingerprint density at radius 1 is 0.632 bits per heavy atom. The maximum absolute atomic E-state index is 4.98. The van der Waals surface area contributed by atoms with Crippen molar-refractivity contribution in [2.75, 3.05) is 39.9 Å². The molecule has 0 rings (SSSR count). The molecule has 0 bridgehead atoms. The smallest absolute Gasteiger partial charge is 0.0587 e. The third-order valence-electron chi connectivity index (χ3n) is 3.40. The van der Waals surface area contributed by atoms with Gasteiger partial charge in [0.05, 0.1) is 6.61 Å². The first-order valence-electron chi connectivity index (χ1n) is 8.32. The van der Waals surface area contributed by atoms with E-state index in [4.69, 9.17) is 4.74 Å². The third-order valence-corrected chi connectivity index (χ3v) is 3.40. The van der Waals surface area contributed by atoms with Crippen LogP contribution in [0.5, 0.6) is 0 Å². The molecule has 3 heteroatoms. The summed E-state index contributed by atoms with van der Waals surface area (Å²) < 4.78 is 4.98. The van der Waals surface area contributed by atoms with Crippen molar-refractivity contribution in [3.8, 4) is 0 Å². The van der Waals surface area contributed by atoms with Crippen LogP contribution in [0.2, 0.25) is 0 Å². The zero-order valence-corrected chi connectivity index (χ0v) is 13.3. The van der Waals surface area contributed by atoms with E-state index in [1.807, 2.05) is 0 Å². The molecule has 0 unspecified atom stereocenters. The molecule has 0 aliphatic rings. The molecule has 0 heterocycles. The van der Waals surface area contributed by atoms with Gasteiger partial charge in [0.25, 0.3) is 0 Å². The Morgan fingerprint density at radius 3 is 1.79 bits per heavy atom. The Bertz CT molecular complexity index is 138. The molecule has 19 heavy (non-hydrogen) atoms. The van der Waals surface area contributed by atoms with Gasteiger partial charge >= 0.3 is 0 Å². The number of ether oxygens (including phenoxy) is 1. The lowest BCUT2D eigenvalue weighted by molar-refractivity contribution is 0.199. The number of methoxy groups -OCH3 is 1. The van der Waals surface area contributed by atoms with Gasteiger partial charge in [-0.3, -0.25) is 0 Å². The van der Waals surface area contributed by atoms with Gasteiger partial charge in [0.15, 0.2) is 0 Å². The zero-order chi connectivity index (χ0) is 14.0. The predicted molar refractivity (Wildman–Crippen MR) is 84.8 cm³/mol. The normalized spacial score (nSPS) is 11.1. The van der Waals surface area contributed by atoms with Crippen LogP contribution in [0.15, 0.2) is 0 Å². The molecule has 2 N–H and O–H groups in total. The maximum atomic E-state index is 4.98. The Hall–Kier alpha value is -0.120. The van der Waals surface area contributed by atoms with Crippen molar-refractivity contribution in [3.05, 3.63) is 0 Å². The molecule has 0 fully saturated rings. The average molecular weight is 272 g/mol. The molecule has 0 saturated carbocycles. The highest BCUT2D eigenvalue weighted by molar-refractivity contribution is 4.53. The second-order valence-corrected chi connectivity index (χ2v) is 5.32. The number of nitrogens with one attached hydrogen (secondary N) is 2. The van der Waals surface area contributed by atoms with Crippen LogP contribution in [0.4, 0.5) is 0 Å². The van der Waals surface area contributed by atoms with Crippen molar-refractivity contribution >= 4 is 0 Å². The molecule has 0 aromatic heterocycles. The van der Waals surface area contributed by atoms with E-state index in [9.17, 15) is 0 Å². The summed E-state index contributed by atoms with van der Waals surface area (Å²) in [5, 5.41) is 6.87.